The summed E-state index contributed by atoms with van der Waals surface area (Å²) in [5.41, 5.74) is 3.46. The highest BCUT2D eigenvalue weighted by Gasteiger charge is 2.48. The maximum atomic E-state index is 11.1. The zero-order chi connectivity index (χ0) is 30.8. The van der Waals surface area contributed by atoms with Crippen molar-refractivity contribution in [2.45, 2.75) is 0 Å². The highest BCUT2D eigenvalue weighted by Crippen LogP contribution is 2.38. The van der Waals surface area contributed by atoms with Crippen molar-refractivity contribution in [1.82, 2.24) is 24.4 Å². The number of aromatic nitrogens is 3. The number of hydrogen-bond donors (Lipinski definition) is 0. The fourth-order valence-electron chi connectivity index (χ4n) is 7.00. The van der Waals surface area contributed by atoms with Crippen LogP contribution in [0.5, 0.6) is 11.5 Å². The van der Waals surface area contributed by atoms with Crippen molar-refractivity contribution in [1.29, 1.82) is 5.26 Å². The number of pyridine rings is 2. The molecule has 4 fully saturated rings. The van der Waals surface area contributed by atoms with E-state index in [9.17, 15) is 10.1 Å². The van der Waals surface area contributed by atoms with Gasteiger partial charge < -0.3 is 24.0 Å². The molecule has 2 atom stereocenters. The average Bonchev–Trinajstić information content (AvgIpc) is 3.75. The third kappa shape index (κ3) is 5.91. The highest BCUT2D eigenvalue weighted by atomic mass is 16.5. The molecule has 4 saturated heterocycles. The number of carbonyl (C=O) groups is 1. The zero-order valence-electron chi connectivity index (χ0n) is 25.4. The standard InChI is InChI=1S/C27H29N7O3.C7H8O/c28-6-20-8-30-34-13-23(37-4-3-31-14-27(15-31)16-36-17-27)5-24(26(20)34)19-1-2-25(29-7-19)33-11-21-9-32(18-35)10-22(21)12-33;1-8-7-5-3-2-4-6-7/h1-2,5,7-8,13,18,21-22H,3-4,9-12,14-17H2;2-6H,1H3. The van der Waals surface area contributed by atoms with Crippen molar-refractivity contribution in [2.24, 2.45) is 17.3 Å². The molecule has 45 heavy (non-hydrogen) atoms. The highest BCUT2D eigenvalue weighted by molar-refractivity contribution is 5.85. The minimum atomic E-state index is 0.401. The summed E-state index contributed by atoms with van der Waals surface area (Å²) < 4.78 is 18.1. The van der Waals surface area contributed by atoms with E-state index in [1.165, 1.54) is 0 Å². The maximum absolute atomic E-state index is 11.1. The van der Waals surface area contributed by atoms with Gasteiger partial charge in [0.2, 0.25) is 6.41 Å². The molecule has 1 amide bonds. The number of anilines is 1. The van der Waals surface area contributed by atoms with Crippen molar-refractivity contribution in [3.05, 3.63) is 72.7 Å². The molecule has 4 aromatic rings. The molecule has 11 nitrogen and oxygen atoms in total. The molecule has 232 valence electrons. The van der Waals surface area contributed by atoms with E-state index >= 15 is 0 Å². The minimum absolute atomic E-state index is 0.401. The first-order chi connectivity index (χ1) is 22.1. The molecule has 0 N–H and O–H groups in total. The lowest BCUT2D eigenvalue weighted by Crippen LogP contribution is -2.66. The van der Waals surface area contributed by atoms with Crippen LogP contribution in [0.2, 0.25) is 0 Å². The second-order valence-electron chi connectivity index (χ2n) is 12.5. The predicted octanol–water partition coefficient (Wildman–Crippen LogP) is 3.20. The van der Waals surface area contributed by atoms with E-state index in [2.05, 4.69) is 27.0 Å². The van der Waals surface area contributed by atoms with Gasteiger partial charge in [0.15, 0.2) is 0 Å². The first-order valence-corrected chi connectivity index (χ1v) is 15.4. The van der Waals surface area contributed by atoms with Gasteiger partial charge >= 0.3 is 0 Å². The number of para-hydroxylation sites is 1. The fourth-order valence-corrected chi connectivity index (χ4v) is 7.00. The van der Waals surface area contributed by atoms with Crippen molar-refractivity contribution in [3.8, 4) is 28.7 Å². The molecule has 8 rings (SSSR count). The van der Waals surface area contributed by atoms with Gasteiger partial charge in [0.25, 0.3) is 0 Å². The lowest BCUT2D eigenvalue weighted by molar-refractivity contribution is -0.189. The number of rotatable bonds is 8. The molecule has 7 heterocycles. The van der Waals surface area contributed by atoms with Gasteiger partial charge in [-0.3, -0.25) is 9.69 Å². The van der Waals surface area contributed by atoms with E-state index in [-0.39, 0.29) is 0 Å². The number of methoxy groups -OCH3 is 1. The van der Waals surface area contributed by atoms with Gasteiger partial charge in [-0.05, 0) is 30.3 Å². The Bertz CT molecular complexity index is 1660. The lowest BCUT2D eigenvalue weighted by Gasteiger charge is -2.55. The molecule has 2 unspecified atom stereocenters. The fraction of sp³-hybridized carbons (Fsp3) is 0.412. The molecule has 1 spiro atoms. The smallest absolute Gasteiger partial charge is 0.209 e. The molecule has 0 radical (unpaired) electrons. The first kappa shape index (κ1) is 29.1. The average molecular weight is 608 g/mol. The number of nitriles is 1. The number of hydrogen-bond acceptors (Lipinski definition) is 9. The van der Waals surface area contributed by atoms with Crippen LogP contribution in [0.15, 0.2) is 67.1 Å². The predicted molar refractivity (Wildman–Crippen MR) is 168 cm³/mol. The van der Waals surface area contributed by atoms with E-state index in [1.807, 2.05) is 59.8 Å². The van der Waals surface area contributed by atoms with Crippen molar-refractivity contribution < 1.29 is 19.0 Å². The van der Waals surface area contributed by atoms with Gasteiger partial charge in [0, 0.05) is 80.4 Å². The summed E-state index contributed by atoms with van der Waals surface area (Å²) >= 11 is 0. The Balaban J connectivity index is 0.000000356. The summed E-state index contributed by atoms with van der Waals surface area (Å²) in [6.07, 6.45) is 6.26. The molecule has 0 bridgehead atoms. The minimum Gasteiger partial charge on any atom is -0.497 e. The molecule has 1 aromatic carbocycles. The summed E-state index contributed by atoms with van der Waals surface area (Å²) in [6.45, 7) is 8.89. The van der Waals surface area contributed by atoms with E-state index in [1.54, 1.807) is 17.8 Å². The largest absolute Gasteiger partial charge is 0.497 e. The van der Waals surface area contributed by atoms with E-state index < -0.39 is 0 Å². The molecule has 11 heteroatoms. The summed E-state index contributed by atoms with van der Waals surface area (Å²) in [4.78, 5) is 22.5. The van der Waals surface area contributed by atoms with Gasteiger partial charge in [-0.1, -0.05) is 18.2 Å². The van der Waals surface area contributed by atoms with Gasteiger partial charge in [-0.15, -0.1) is 0 Å². The molecule has 4 aliphatic rings. The van der Waals surface area contributed by atoms with Crippen LogP contribution < -0.4 is 14.4 Å². The Kier molecular flexibility index (Phi) is 8.00. The van der Waals surface area contributed by atoms with Gasteiger partial charge in [-0.2, -0.15) is 10.4 Å². The van der Waals surface area contributed by atoms with Crippen LogP contribution in [0.4, 0.5) is 5.82 Å². The summed E-state index contributed by atoms with van der Waals surface area (Å²) in [6, 6.07) is 18.0. The quantitative estimate of drug-likeness (QED) is 0.279. The van der Waals surface area contributed by atoms with Crippen molar-refractivity contribution in [3.63, 3.8) is 0 Å². The van der Waals surface area contributed by atoms with Gasteiger partial charge in [-0.25, -0.2) is 9.50 Å². The number of nitrogens with zero attached hydrogens (tertiary/aromatic N) is 7. The summed E-state index contributed by atoms with van der Waals surface area (Å²) in [5, 5.41) is 14.1. The number of likely N-dealkylation sites (tertiary alicyclic amines) is 2. The van der Waals surface area contributed by atoms with Crippen LogP contribution in [-0.4, -0.2) is 104 Å². The van der Waals surface area contributed by atoms with Crippen molar-refractivity contribution >= 4 is 17.7 Å². The van der Waals surface area contributed by atoms with Crippen LogP contribution >= 0.6 is 0 Å². The number of ether oxygens (including phenoxy) is 3. The molecule has 3 aromatic heterocycles. The Hall–Kier alpha value is -4.66. The molecule has 4 aliphatic heterocycles. The Morgan fingerprint density at radius 3 is 2.42 bits per heavy atom. The van der Waals surface area contributed by atoms with Crippen LogP contribution in [0.25, 0.3) is 16.6 Å². The molecular weight excluding hydrogens is 570 g/mol. The third-order valence-electron chi connectivity index (χ3n) is 9.34. The second kappa shape index (κ2) is 12.4. The van der Waals surface area contributed by atoms with Crippen LogP contribution in [0.3, 0.4) is 0 Å². The SMILES string of the molecule is COc1ccccc1.N#Cc1cnn2cc(OCCN3CC4(COC4)C3)cc(-c3ccc(N4CC5CN(C=O)CC5C4)nc3)c12. The number of fused-ring (bicyclic) bond motifs is 2. The number of amides is 1. The number of benzene rings is 1. The second-order valence-corrected chi connectivity index (χ2v) is 12.5. The van der Waals surface area contributed by atoms with Crippen LogP contribution in [0, 0.1) is 28.6 Å². The Morgan fingerprint density at radius 1 is 1.04 bits per heavy atom. The monoisotopic (exact) mass is 607 g/mol. The normalized spacial score (nSPS) is 21.3. The summed E-state index contributed by atoms with van der Waals surface area (Å²) in [7, 11) is 1.66. The molecule has 0 aliphatic carbocycles. The first-order valence-electron chi connectivity index (χ1n) is 15.4. The summed E-state index contributed by atoms with van der Waals surface area (Å²) in [5.74, 6) is 3.58. The van der Waals surface area contributed by atoms with Crippen LogP contribution in [-0.2, 0) is 9.53 Å². The Labute approximate surface area is 262 Å². The molecular formula is C34H37N7O4. The van der Waals surface area contributed by atoms with E-state index in [0.29, 0.717) is 35.2 Å². The zero-order valence-corrected chi connectivity index (χ0v) is 25.4. The van der Waals surface area contributed by atoms with Gasteiger partial charge in [0.1, 0.15) is 30.0 Å². The maximum Gasteiger partial charge on any atom is 0.209 e. The van der Waals surface area contributed by atoms with Gasteiger partial charge in [0.05, 0.1) is 43.8 Å². The van der Waals surface area contributed by atoms with Crippen molar-refractivity contribution in [2.75, 3.05) is 77.6 Å². The van der Waals surface area contributed by atoms with E-state index in [4.69, 9.17) is 19.2 Å². The van der Waals surface area contributed by atoms with E-state index in [0.717, 1.165) is 93.6 Å². The molecule has 0 saturated carbocycles. The number of carbonyl (C=O) groups excluding carboxylic acids is 1. The topological polar surface area (TPSA) is 108 Å². The third-order valence-corrected chi connectivity index (χ3v) is 9.34. The lowest BCUT2D eigenvalue weighted by atomic mass is 9.78. The Morgan fingerprint density at radius 2 is 1.82 bits per heavy atom. The van der Waals surface area contributed by atoms with Crippen LogP contribution in [0.1, 0.15) is 5.56 Å².